The van der Waals surface area contributed by atoms with Gasteiger partial charge in [-0.3, -0.25) is 9.10 Å². The highest BCUT2D eigenvalue weighted by Crippen LogP contribution is 2.46. The first-order chi connectivity index (χ1) is 13.3. The summed E-state index contributed by atoms with van der Waals surface area (Å²) in [4.78, 5) is 12.8. The van der Waals surface area contributed by atoms with E-state index in [1.807, 2.05) is 32.0 Å². The van der Waals surface area contributed by atoms with Crippen molar-refractivity contribution in [1.29, 1.82) is 0 Å². The summed E-state index contributed by atoms with van der Waals surface area (Å²) in [6.07, 6.45) is 1.61. The largest absolute Gasteiger partial charge is 0.459 e. The Morgan fingerprint density at radius 3 is 2.50 bits per heavy atom. The van der Waals surface area contributed by atoms with Gasteiger partial charge in [0, 0.05) is 9.84 Å². The topological polar surface area (TPSA) is 63.7 Å². The highest BCUT2D eigenvalue weighted by atomic mass is 127. The number of carbonyl (C=O) groups excluding carboxylic acids is 1. The highest BCUT2D eigenvalue weighted by molar-refractivity contribution is 14.1. The second-order valence-corrected chi connectivity index (χ2v) is 11.0. The summed E-state index contributed by atoms with van der Waals surface area (Å²) in [5.41, 5.74) is 3.40. The maximum Gasteiger partial charge on any atom is 0.327 e. The maximum absolute atomic E-state index is 13.5. The summed E-state index contributed by atoms with van der Waals surface area (Å²) in [6.45, 7) is 3.49. The van der Waals surface area contributed by atoms with E-state index in [9.17, 15) is 13.2 Å². The van der Waals surface area contributed by atoms with Crippen LogP contribution in [-0.2, 0) is 19.6 Å². The fourth-order valence-electron chi connectivity index (χ4n) is 4.16. The van der Waals surface area contributed by atoms with Crippen LogP contribution in [0.1, 0.15) is 35.4 Å². The Labute approximate surface area is 179 Å². The number of ether oxygens (including phenoxy) is 1. The van der Waals surface area contributed by atoms with Gasteiger partial charge >= 0.3 is 5.97 Å². The van der Waals surface area contributed by atoms with Crippen LogP contribution in [0.4, 0.5) is 5.69 Å². The van der Waals surface area contributed by atoms with Crippen molar-refractivity contribution in [2.24, 2.45) is 0 Å². The molecule has 0 N–H and O–H groups in total. The van der Waals surface area contributed by atoms with Crippen molar-refractivity contribution in [2.45, 2.75) is 47.5 Å². The molecule has 5 nitrogen and oxygen atoms in total. The predicted molar refractivity (Wildman–Crippen MR) is 117 cm³/mol. The number of alkyl halides is 1. The van der Waals surface area contributed by atoms with Gasteiger partial charge in [0.15, 0.2) is 0 Å². The minimum Gasteiger partial charge on any atom is -0.459 e. The summed E-state index contributed by atoms with van der Waals surface area (Å²) in [5.74, 6) is -0.486. The first-order valence-electron chi connectivity index (χ1n) is 9.31. The van der Waals surface area contributed by atoms with Gasteiger partial charge in [0.1, 0.15) is 12.6 Å². The van der Waals surface area contributed by atoms with Crippen LogP contribution in [0, 0.1) is 13.8 Å². The van der Waals surface area contributed by atoms with Gasteiger partial charge in [-0.15, -0.1) is 0 Å². The molecule has 1 aliphatic heterocycles. The number of fused-ring (bicyclic) bond motifs is 3. The molecule has 0 saturated heterocycles. The Morgan fingerprint density at radius 2 is 1.79 bits per heavy atom. The zero-order valence-corrected chi connectivity index (χ0v) is 18.7. The van der Waals surface area contributed by atoms with Crippen LogP contribution in [-0.4, -0.2) is 31.0 Å². The minimum atomic E-state index is -3.90. The molecule has 0 spiro atoms. The minimum absolute atomic E-state index is 0.0109. The molecule has 148 valence electrons. The number of rotatable bonds is 2. The molecule has 2 aromatic carbocycles. The second kappa shape index (κ2) is 7.33. The molecule has 28 heavy (non-hydrogen) atoms. The number of nitrogens with zero attached hydrogens (tertiary/aromatic N) is 1. The SMILES string of the molecule is Cc1ccc(S(=O)(=O)N2CC(=O)O[C@H]3[C@H](I)CC[C@H]3c3cccc(C)c32)cc1. The first-order valence-corrected chi connectivity index (χ1v) is 12.0. The molecular weight excluding hydrogens is 489 g/mol. The van der Waals surface area contributed by atoms with Crippen molar-refractivity contribution in [3.8, 4) is 0 Å². The number of carbonyl (C=O) groups is 1. The fourth-order valence-corrected chi connectivity index (χ4v) is 6.66. The Kier molecular flexibility index (Phi) is 5.16. The molecule has 0 radical (unpaired) electrons. The van der Waals surface area contributed by atoms with Crippen LogP contribution < -0.4 is 4.31 Å². The molecule has 0 amide bonds. The molecule has 0 aromatic heterocycles. The average molecular weight is 511 g/mol. The highest BCUT2D eigenvalue weighted by Gasteiger charge is 2.43. The van der Waals surface area contributed by atoms with Crippen molar-refractivity contribution in [1.82, 2.24) is 0 Å². The normalized spacial score (nSPS) is 24.8. The monoisotopic (exact) mass is 511 g/mol. The van der Waals surface area contributed by atoms with E-state index in [1.54, 1.807) is 24.3 Å². The molecule has 1 fully saturated rings. The summed E-state index contributed by atoms with van der Waals surface area (Å²) >= 11 is 2.34. The molecule has 3 atom stereocenters. The summed E-state index contributed by atoms with van der Waals surface area (Å²) < 4.78 is 34.2. The quantitative estimate of drug-likeness (QED) is 0.346. The Hall–Kier alpha value is -1.61. The Balaban J connectivity index is 1.90. The molecule has 1 aliphatic carbocycles. The summed E-state index contributed by atoms with van der Waals surface area (Å²) in [6, 6.07) is 12.5. The van der Waals surface area contributed by atoms with Gasteiger partial charge < -0.3 is 4.74 Å². The molecule has 7 heteroatoms. The van der Waals surface area contributed by atoms with Crippen LogP contribution in [0.5, 0.6) is 0 Å². The number of esters is 1. The van der Waals surface area contributed by atoms with Crippen molar-refractivity contribution >= 4 is 44.3 Å². The Morgan fingerprint density at radius 1 is 1.07 bits per heavy atom. The van der Waals surface area contributed by atoms with Crippen LogP contribution in [0.3, 0.4) is 0 Å². The van der Waals surface area contributed by atoms with Gasteiger partial charge in [-0.1, -0.05) is 58.5 Å². The van der Waals surface area contributed by atoms with Crippen molar-refractivity contribution < 1.29 is 17.9 Å². The zero-order valence-electron chi connectivity index (χ0n) is 15.8. The lowest BCUT2D eigenvalue weighted by Gasteiger charge is -2.34. The van der Waals surface area contributed by atoms with Gasteiger partial charge in [-0.2, -0.15) is 0 Å². The van der Waals surface area contributed by atoms with Gasteiger partial charge in [0.25, 0.3) is 10.0 Å². The average Bonchev–Trinajstić information content (AvgIpc) is 2.99. The van der Waals surface area contributed by atoms with Crippen LogP contribution in [0.2, 0.25) is 0 Å². The van der Waals surface area contributed by atoms with Crippen molar-refractivity contribution in [3.63, 3.8) is 0 Å². The number of sulfonamides is 1. The number of para-hydroxylation sites is 1. The lowest BCUT2D eigenvalue weighted by molar-refractivity contribution is -0.147. The number of hydrogen-bond donors (Lipinski definition) is 0. The number of hydrogen-bond acceptors (Lipinski definition) is 4. The molecule has 4 rings (SSSR count). The third kappa shape index (κ3) is 3.32. The molecule has 2 aliphatic rings. The van der Waals surface area contributed by atoms with E-state index in [0.29, 0.717) is 5.69 Å². The van der Waals surface area contributed by atoms with Gasteiger partial charge in [-0.25, -0.2) is 8.42 Å². The smallest absolute Gasteiger partial charge is 0.327 e. The zero-order chi connectivity index (χ0) is 20.1. The van der Waals surface area contributed by atoms with E-state index in [-0.39, 0.29) is 27.4 Å². The van der Waals surface area contributed by atoms with Crippen LogP contribution in [0.25, 0.3) is 0 Å². The second-order valence-electron chi connectivity index (χ2n) is 7.49. The number of aryl methyl sites for hydroxylation is 2. The Bertz CT molecular complexity index is 1020. The fraction of sp³-hybridized carbons (Fsp3) is 0.381. The summed E-state index contributed by atoms with van der Waals surface area (Å²) in [5, 5.41) is 0. The van der Waals surface area contributed by atoms with E-state index in [0.717, 1.165) is 29.5 Å². The van der Waals surface area contributed by atoms with Gasteiger partial charge in [0.2, 0.25) is 0 Å². The maximum atomic E-state index is 13.5. The number of benzene rings is 2. The molecule has 2 aromatic rings. The lowest BCUT2D eigenvalue weighted by atomic mass is 9.91. The van der Waals surface area contributed by atoms with Gasteiger partial charge in [-0.05, 0) is 49.9 Å². The predicted octanol–water partition coefficient (Wildman–Crippen LogP) is 4.11. The van der Waals surface area contributed by atoms with Crippen LogP contribution in [0.15, 0.2) is 47.4 Å². The van der Waals surface area contributed by atoms with E-state index >= 15 is 0 Å². The molecule has 1 saturated carbocycles. The first kappa shape index (κ1) is 19.7. The molecule has 0 bridgehead atoms. The standard InChI is InChI=1S/C21H22INO4S/c1-13-6-8-15(9-7-13)28(25,26)23-12-19(24)27-21-17(10-11-18(21)22)16-5-3-4-14(2)20(16)23/h3-9,17-18,21H,10-12H2,1-2H3/t17-,18+,21+/m0/s1. The molecule has 1 heterocycles. The third-order valence-corrected chi connectivity index (χ3v) is 8.67. The van der Waals surface area contributed by atoms with Crippen molar-refractivity contribution in [3.05, 3.63) is 59.2 Å². The summed E-state index contributed by atoms with van der Waals surface area (Å²) in [7, 11) is -3.90. The molecule has 0 unspecified atom stereocenters. The van der Waals surface area contributed by atoms with E-state index in [2.05, 4.69) is 22.6 Å². The van der Waals surface area contributed by atoms with Crippen LogP contribution >= 0.6 is 22.6 Å². The van der Waals surface area contributed by atoms with Crippen molar-refractivity contribution in [2.75, 3.05) is 10.8 Å². The van der Waals surface area contributed by atoms with E-state index < -0.39 is 16.0 Å². The van der Waals surface area contributed by atoms with E-state index in [4.69, 9.17) is 4.74 Å². The van der Waals surface area contributed by atoms with Gasteiger partial charge in [0.05, 0.1) is 10.6 Å². The third-order valence-electron chi connectivity index (χ3n) is 5.57. The molecular formula is C21H22INO4S. The number of halogens is 1. The van der Waals surface area contributed by atoms with E-state index in [1.165, 1.54) is 4.31 Å². The number of anilines is 1. The lowest BCUT2D eigenvalue weighted by Crippen LogP contribution is -2.42.